The summed E-state index contributed by atoms with van der Waals surface area (Å²) < 4.78 is 65.0. The Balaban J connectivity index is 2.46. The Morgan fingerprint density at radius 3 is 2.19 bits per heavy atom. The van der Waals surface area contributed by atoms with Gasteiger partial charge in [0, 0.05) is 27.4 Å². The van der Waals surface area contributed by atoms with Crippen molar-refractivity contribution in [3.63, 3.8) is 0 Å². The summed E-state index contributed by atoms with van der Waals surface area (Å²) in [6, 6.07) is 6.84. The van der Waals surface area contributed by atoms with Gasteiger partial charge in [0.15, 0.2) is 0 Å². The number of carbonyl (C=O) groups is 1. The van der Waals surface area contributed by atoms with E-state index in [-0.39, 0.29) is 32.4 Å². The number of rotatable bonds is 5. The number of hydrogen-bond donors (Lipinski definition) is 2. The zero-order chi connectivity index (χ0) is 23.1. The molecule has 0 bridgehead atoms. The van der Waals surface area contributed by atoms with E-state index in [1.165, 1.54) is 30.3 Å². The molecule has 164 valence electrons. The largest absolute Gasteiger partial charge is 0.419 e. The molecule has 31 heavy (non-hydrogen) atoms. The molecular weight excluding hydrogens is 480 g/mol. The second-order valence-electron chi connectivity index (χ2n) is 6.40. The molecule has 4 N–H and O–H groups in total. The number of aromatic nitrogens is 2. The SMILES string of the molecule is NC(=O)Cc1ccc(-n2cc(C(F)(F)F)cn2)c(S(N)(=O)=O)c1-c1c(Cl)cccc1Cl. The fraction of sp³-hybridized carbons (Fsp3) is 0.111. The van der Waals surface area contributed by atoms with Crippen molar-refractivity contribution in [1.82, 2.24) is 9.78 Å². The third-order valence-corrected chi connectivity index (χ3v) is 5.85. The van der Waals surface area contributed by atoms with Crippen LogP contribution in [0.15, 0.2) is 47.6 Å². The molecule has 13 heteroatoms. The molecule has 2 aromatic carbocycles. The van der Waals surface area contributed by atoms with Gasteiger partial charge in [-0.3, -0.25) is 4.79 Å². The Labute approximate surface area is 184 Å². The summed E-state index contributed by atoms with van der Waals surface area (Å²) in [6.45, 7) is 0. The van der Waals surface area contributed by atoms with Crippen molar-refractivity contribution in [2.75, 3.05) is 0 Å². The first-order valence-electron chi connectivity index (χ1n) is 8.34. The van der Waals surface area contributed by atoms with Gasteiger partial charge in [0.2, 0.25) is 15.9 Å². The molecule has 1 amide bonds. The number of alkyl halides is 3. The van der Waals surface area contributed by atoms with Gasteiger partial charge in [0.1, 0.15) is 4.90 Å². The van der Waals surface area contributed by atoms with Crippen LogP contribution in [0.5, 0.6) is 0 Å². The number of sulfonamides is 1. The van der Waals surface area contributed by atoms with Gasteiger partial charge in [-0.2, -0.15) is 18.3 Å². The maximum absolute atomic E-state index is 13.0. The summed E-state index contributed by atoms with van der Waals surface area (Å²) in [7, 11) is -4.59. The second-order valence-corrected chi connectivity index (χ2v) is 8.72. The molecule has 7 nitrogen and oxygen atoms in total. The van der Waals surface area contributed by atoms with Gasteiger partial charge in [-0.25, -0.2) is 18.2 Å². The van der Waals surface area contributed by atoms with Gasteiger partial charge in [-0.15, -0.1) is 0 Å². The van der Waals surface area contributed by atoms with Gasteiger partial charge in [-0.05, 0) is 23.8 Å². The van der Waals surface area contributed by atoms with Gasteiger partial charge < -0.3 is 5.73 Å². The van der Waals surface area contributed by atoms with Crippen molar-refractivity contribution in [2.24, 2.45) is 10.9 Å². The molecule has 0 atom stereocenters. The van der Waals surface area contributed by atoms with Crippen molar-refractivity contribution >= 4 is 39.1 Å². The zero-order valence-electron chi connectivity index (χ0n) is 15.3. The molecule has 3 rings (SSSR count). The highest BCUT2D eigenvalue weighted by Crippen LogP contribution is 2.42. The average molecular weight is 493 g/mol. The van der Waals surface area contributed by atoms with E-state index >= 15 is 0 Å². The maximum atomic E-state index is 13.0. The van der Waals surface area contributed by atoms with Crippen LogP contribution in [0, 0.1) is 0 Å². The first kappa shape index (κ1) is 23.1. The second kappa shape index (κ2) is 8.15. The van der Waals surface area contributed by atoms with E-state index in [4.69, 9.17) is 34.1 Å². The minimum absolute atomic E-state index is 0.0242. The topological polar surface area (TPSA) is 121 Å². The average Bonchev–Trinajstić information content (AvgIpc) is 3.11. The molecule has 1 heterocycles. The van der Waals surface area contributed by atoms with E-state index in [1.54, 1.807) is 0 Å². The number of benzene rings is 2. The van der Waals surface area contributed by atoms with Crippen LogP contribution in [-0.4, -0.2) is 24.1 Å². The lowest BCUT2D eigenvalue weighted by molar-refractivity contribution is -0.137. The molecule has 0 fully saturated rings. The van der Waals surface area contributed by atoms with E-state index in [2.05, 4.69) is 5.10 Å². The molecule has 0 radical (unpaired) electrons. The maximum Gasteiger partial charge on any atom is 0.419 e. The van der Waals surface area contributed by atoms with Crippen LogP contribution in [-0.2, 0) is 27.4 Å². The Morgan fingerprint density at radius 2 is 1.71 bits per heavy atom. The minimum atomic E-state index is -4.71. The lowest BCUT2D eigenvalue weighted by Crippen LogP contribution is -2.20. The summed E-state index contributed by atoms with van der Waals surface area (Å²) in [5, 5.41) is 9.10. The van der Waals surface area contributed by atoms with Gasteiger partial charge in [0.25, 0.3) is 0 Å². The van der Waals surface area contributed by atoms with Crippen LogP contribution in [0.1, 0.15) is 11.1 Å². The number of primary sulfonamides is 1. The van der Waals surface area contributed by atoms with E-state index in [9.17, 15) is 26.4 Å². The predicted molar refractivity (Wildman–Crippen MR) is 108 cm³/mol. The molecule has 0 aliphatic carbocycles. The summed E-state index contributed by atoms with van der Waals surface area (Å²) in [6.07, 6.45) is -3.98. The van der Waals surface area contributed by atoms with Crippen LogP contribution in [0.2, 0.25) is 10.0 Å². The number of primary amides is 1. The summed E-state index contributed by atoms with van der Waals surface area (Å²) >= 11 is 12.5. The highest BCUT2D eigenvalue weighted by Gasteiger charge is 2.33. The standard InChI is InChI=1S/C18H13Cl2F3N4O3S/c19-11-2-1-3-12(20)16(11)15-9(6-14(24)28)4-5-13(17(15)31(25,29)30)27-8-10(7-26-27)18(21,22)23/h1-5,7-8H,6H2,(H2,24,28)(H2,25,29,30). The molecule has 0 aliphatic heterocycles. The smallest absolute Gasteiger partial charge is 0.369 e. The molecule has 1 aromatic heterocycles. The number of halogens is 5. The first-order valence-corrected chi connectivity index (χ1v) is 10.6. The van der Waals surface area contributed by atoms with E-state index in [0.29, 0.717) is 17.1 Å². The van der Waals surface area contributed by atoms with Gasteiger partial charge in [0.05, 0.1) is 23.9 Å². The minimum Gasteiger partial charge on any atom is -0.369 e. The molecule has 3 aromatic rings. The number of carbonyl (C=O) groups excluding carboxylic acids is 1. The highest BCUT2D eigenvalue weighted by atomic mass is 35.5. The fourth-order valence-corrected chi connectivity index (χ4v) is 4.58. The number of hydrogen-bond acceptors (Lipinski definition) is 4. The van der Waals surface area contributed by atoms with Gasteiger partial charge in [-0.1, -0.05) is 35.3 Å². The lowest BCUT2D eigenvalue weighted by Gasteiger charge is -2.19. The van der Waals surface area contributed by atoms with Crippen LogP contribution >= 0.6 is 23.2 Å². The van der Waals surface area contributed by atoms with Crippen molar-refractivity contribution in [3.8, 4) is 16.8 Å². The van der Waals surface area contributed by atoms with Gasteiger partial charge >= 0.3 is 6.18 Å². The summed E-state index contributed by atoms with van der Waals surface area (Å²) in [4.78, 5) is 11.0. The molecular formula is C18H13Cl2F3N4O3S. The molecule has 0 saturated carbocycles. The van der Waals surface area contributed by atoms with Crippen LogP contribution < -0.4 is 10.9 Å². The number of nitrogens with two attached hydrogens (primary N) is 2. The monoisotopic (exact) mass is 492 g/mol. The van der Waals surface area contributed by atoms with E-state index in [0.717, 1.165) is 0 Å². The highest BCUT2D eigenvalue weighted by molar-refractivity contribution is 7.89. The van der Waals surface area contributed by atoms with Crippen LogP contribution in [0.3, 0.4) is 0 Å². The Hall–Kier alpha value is -2.60. The molecule has 0 unspecified atom stereocenters. The predicted octanol–water partition coefficient (Wildman–Crippen LogP) is 3.54. The van der Waals surface area contributed by atoms with E-state index < -0.39 is 39.0 Å². The third kappa shape index (κ3) is 4.69. The van der Waals surface area contributed by atoms with Crippen molar-refractivity contribution in [3.05, 3.63) is 63.9 Å². The van der Waals surface area contributed by atoms with Crippen LogP contribution in [0.25, 0.3) is 16.8 Å². The van der Waals surface area contributed by atoms with Crippen molar-refractivity contribution in [1.29, 1.82) is 0 Å². The molecule has 0 saturated heterocycles. The third-order valence-electron chi connectivity index (χ3n) is 4.24. The fourth-order valence-electron chi connectivity index (χ4n) is 3.03. The molecule has 0 spiro atoms. The molecule has 0 aliphatic rings. The summed E-state index contributed by atoms with van der Waals surface area (Å²) in [5.41, 5.74) is 3.86. The quantitative estimate of drug-likeness (QED) is 0.565. The Bertz CT molecular complexity index is 1270. The zero-order valence-corrected chi connectivity index (χ0v) is 17.6. The first-order chi connectivity index (χ1) is 14.3. The van der Waals surface area contributed by atoms with E-state index in [1.807, 2.05) is 0 Å². The van der Waals surface area contributed by atoms with Crippen LogP contribution in [0.4, 0.5) is 13.2 Å². The summed E-state index contributed by atoms with van der Waals surface area (Å²) in [5.74, 6) is -0.795. The lowest BCUT2D eigenvalue weighted by atomic mass is 9.96. The number of amides is 1. The Morgan fingerprint density at radius 1 is 1.10 bits per heavy atom. The number of nitrogens with zero attached hydrogens (tertiary/aromatic N) is 2. The Kier molecular flexibility index (Phi) is 6.07. The van der Waals surface area contributed by atoms with Crippen molar-refractivity contribution in [2.45, 2.75) is 17.5 Å². The van der Waals surface area contributed by atoms with Crippen molar-refractivity contribution < 1.29 is 26.4 Å². The normalized spacial score (nSPS) is 12.2.